The fourth-order valence-corrected chi connectivity index (χ4v) is 6.47. The third-order valence-electron chi connectivity index (χ3n) is 8.74. The van der Waals surface area contributed by atoms with E-state index in [1.54, 1.807) is 50.8 Å². The molecule has 0 bridgehead atoms. The second-order valence-corrected chi connectivity index (χ2v) is 12.6. The van der Waals surface area contributed by atoms with Crippen LogP contribution in [-0.4, -0.2) is 56.9 Å². The van der Waals surface area contributed by atoms with Crippen molar-refractivity contribution in [3.63, 3.8) is 0 Å². The molecule has 242 valence electrons. The minimum absolute atomic E-state index is 0.0722. The van der Waals surface area contributed by atoms with Crippen LogP contribution in [0, 0.1) is 6.92 Å². The van der Waals surface area contributed by atoms with Crippen molar-refractivity contribution >= 4 is 38.8 Å². The Balaban J connectivity index is 1.30. The van der Waals surface area contributed by atoms with Gasteiger partial charge in [-0.25, -0.2) is 19.4 Å². The first-order valence-electron chi connectivity index (χ1n) is 15.6. The zero-order valence-electron chi connectivity index (χ0n) is 26.6. The van der Waals surface area contributed by atoms with Crippen molar-refractivity contribution in [2.45, 2.75) is 53.0 Å². The van der Waals surface area contributed by atoms with Gasteiger partial charge in [0.1, 0.15) is 11.2 Å². The Morgan fingerprint density at radius 1 is 1.02 bits per heavy atom. The molecule has 0 unspecified atom stereocenters. The van der Waals surface area contributed by atoms with Gasteiger partial charge in [0.25, 0.3) is 11.8 Å². The minimum atomic E-state index is -0.455. The molecule has 1 aliphatic rings. The van der Waals surface area contributed by atoms with E-state index in [9.17, 15) is 14.4 Å². The molecule has 0 saturated heterocycles. The average molecular weight is 707 g/mol. The molecule has 3 aromatic heterocycles. The molecule has 2 amide bonds. The zero-order valence-corrected chi connectivity index (χ0v) is 28.2. The molecule has 6 aromatic rings. The smallest absolute Gasteiger partial charge is 0.333 e. The number of halogens is 1. The van der Waals surface area contributed by atoms with Gasteiger partial charge in [-0.05, 0) is 74.4 Å². The number of amides is 2. The molecule has 1 atom stereocenters. The number of hydrogen-bond donors (Lipinski definition) is 1. The summed E-state index contributed by atoms with van der Waals surface area (Å²) in [7, 11) is 0. The highest BCUT2D eigenvalue weighted by molar-refractivity contribution is 9.10. The molecule has 12 nitrogen and oxygen atoms in total. The number of nitrogens with one attached hydrogen (secondary N) is 1. The van der Waals surface area contributed by atoms with E-state index in [0.717, 1.165) is 26.7 Å². The van der Waals surface area contributed by atoms with E-state index in [1.165, 1.54) is 4.57 Å². The summed E-state index contributed by atoms with van der Waals surface area (Å²) in [4.78, 5) is 52.9. The largest absolute Gasteiger partial charge is 0.347 e. The second kappa shape index (κ2) is 12.6. The fraction of sp³-hybridized carbons (Fsp3) is 0.229. The first-order valence-corrected chi connectivity index (χ1v) is 16.4. The predicted molar refractivity (Wildman–Crippen MR) is 184 cm³/mol. The van der Waals surface area contributed by atoms with Crippen molar-refractivity contribution in [2.75, 3.05) is 0 Å². The normalized spacial score (nSPS) is 14.2. The highest BCUT2D eigenvalue weighted by Gasteiger charge is 2.35. The van der Waals surface area contributed by atoms with Crippen molar-refractivity contribution in [3.05, 3.63) is 122 Å². The van der Waals surface area contributed by atoms with Gasteiger partial charge in [-0.15, -0.1) is 5.10 Å². The van der Waals surface area contributed by atoms with E-state index in [2.05, 4.69) is 41.5 Å². The van der Waals surface area contributed by atoms with E-state index < -0.39 is 5.91 Å². The van der Waals surface area contributed by atoms with Crippen LogP contribution >= 0.6 is 15.9 Å². The predicted octanol–water partition coefficient (Wildman–Crippen LogP) is 4.91. The summed E-state index contributed by atoms with van der Waals surface area (Å²) >= 11 is 3.51. The lowest BCUT2D eigenvalue weighted by Crippen LogP contribution is -2.47. The van der Waals surface area contributed by atoms with Crippen molar-refractivity contribution in [3.8, 4) is 17.1 Å². The molecule has 13 heteroatoms. The maximum Gasteiger partial charge on any atom is 0.333 e. The zero-order chi connectivity index (χ0) is 33.5. The van der Waals surface area contributed by atoms with E-state index in [4.69, 9.17) is 0 Å². The van der Waals surface area contributed by atoms with Crippen molar-refractivity contribution in [1.29, 1.82) is 0 Å². The average Bonchev–Trinajstić information content (AvgIpc) is 3.65. The molecular formula is C35H32BrN9O3. The van der Waals surface area contributed by atoms with E-state index in [0.29, 0.717) is 34.8 Å². The lowest BCUT2D eigenvalue weighted by molar-refractivity contribution is 0.0610. The standard InChI is InChI=1S/C35H32BrN9O3/c1-4-44-29-13-11-25(17-28(29)40-41-44)45-31(33(46)39-18-24-8-5-6-9-26(24)32-37-14-7-15-38-32)30-20-42(22(3)19-43(30)35(45)48)34(47)23-10-12-27(36)21(2)16-23/h5-17,22H,4,18-20H2,1-3H3,(H,39,46)/t22-/m0/s1. The number of hydrogen-bond acceptors (Lipinski definition) is 7. The molecule has 1 aliphatic heterocycles. The van der Waals surface area contributed by atoms with E-state index in [-0.39, 0.29) is 43.0 Å². The molecule has 4 heterocycles. The van der Waals surface area contributed by atoms with Gasteiger partial charge in [-0.2, -0.15) is 0 Å². The van der Waals surface area contributed by atoms with Crippen molar-refractivity contribution < 1.29 is 9.59 Å². The van der Waals surface area contributed by atoms with Crippen LogP contribution in [0.1, 0.15) is 51.5 Å². The van der Waals surface area contributed by atoms with Crippen LogP contribution in [0.5, 0.6) is 0 Å². The molecule has 7 rings (SSSR count). The fourth-order valence-electron chi connectivity index (χ4n) is 6.23. The van der Waals surface area contributed by atoms with E-state index >= 15 is 0 Å². The molecule has 48 heavy (non-hydrogen) atoms. The third kappa shape index (κ3) is 5.49. The lowest BCUT2D eigenvalue weighted by atomic mass is 10.1. The van der Waals surface area contributed by atoms with Gasteiger partial charge < -0.3 is 10.2 Å². The SMILES string of the molecule is CCn1nnc2cc(-n3c(C(=O)NCc4ccccc4-c4ncccn4)c4n(c3=O)C[C@H](C)N(C(=O)c3ccc(Br)c(C)c3)C4)ccc21. The highest BCUT2D eigenvalue weighted by Crippen LogP contribution is 2.27. The molecule has 3 aromatic carbocycles. The van der Waals surface area contributed by atoms with E-state index in [1.807, 2.05) is 63.2 Å². The Hall–Kier alpha value is -5.43. The Kier molecular flexibility index (Phi) is 8.21. The Bertz CT molecular complexity index is 2260. The van der Waals surface area contributed by atoms with Gasteiger partial charge in [0, 0.05) is 53.7 Å². The molecule has 0 radical (unpaired) electrons. The number of carbonyl (C=O) groups excluding carboxylic acids is 2. The molecular weight excluding hydrogens is 674 g/mol. The van der Waals surface area contributed by atoms with Crippen LogP contribution in [0.2, 0.25) is 0 Å². The third-order valence-corrected chi connectivity index (χ3v) is 9.63. The Morgan fingerprint density at radius 3 is 2.58 bits per heavy atom. The molecule has 1 N–H and O–H groups in total. The van der Waals surface area contributed by atoms with Gasteiger partial charge in [0.05, 0.1) is 23.4 Å². The van der Waals surface area contributed by atoms with Gasteiger partial charge in [-0.3, -0.25) is 18.7 Å². The molecule has 0 aliphatic carbocycles. The van der Waals surface area contributed by atoms with Crippen LogP contribution in [0.15, 0.2) is 88.4 Å². The first kappa shape index (κ1) is 31.2. The topological polar surface area (TPSA) is 133 Å². The highest BCUT2D eigenvalue weighted by atomic mass is 79.9. The number of fused-ring (bicyclic) bond motifs is 2. The van der Waals surface area contributed by atoms with Crippen molar-refractivity contribution in [1.82, 2.24) is 44.3 Å². The summed E-state index contributed by atoms with van der Waals surface area (Å²) in [6.45, 7) is 6.91. The maximum absolute atomic E-state index is 14.3. The summed E-state index contributed by atoms with van der Waals surface area (Å²) in [6.07, 6.45) is 3.34. The summed E-state index contributed by atoms with van der Waals surface area (Å²) in [5.74, 6) is -0.0890. The summed E-state index contributed by atoms with van der Waals surface area (Å²) in [6, 6.07) is 19.9. The summed E-state index contributed by atoms with van der Waals surface area (Å²) in [5.41, 5.74) is 5.22. The number of imidazole rings is 1. The van der Waals surface area contributed by atoms with Gasteiger partial charge in [0.2, 0.25) is 0 Å². The maximum atomic E-state index is 14.3. The number of nitrogens with zero attached hydrogens (tertiary/aromatic N) is 8. The summed E-state index contributed by atoms with van der Waals surface area (Å²) < 4.78 is 5.70. The van der Waals surface area contributed by atoms with Crippen LogP contribution in [-0.2, 0) is 26.2 Å². The lowest BCUT2D eigenvalue weighted by Gasteiger charge is -2.34. The number of rotatable bonds is 7. The van der Waals surface area contributed by atoms with Crippen LogP contribution in [0.4, 0.5) is 0 Å². The van der Waals surface area contributed by atoms with Gasteiger partial charge >= 0.3 is 5.69 Å². The van der Waals surface area contributed by atoms with Crippen LogP contribution in [0.3, 0.4) is 0 Å². The second-order valence-electron chi connectivity index (χ2n) is 11.8. The number of benzene rings is 3. The summed E-state index contributed by atoms with van der Waals surface area (Å²) in [5, 5.41) is 11.5. The number of aryl methyl sites for hydroxylation is 2. The molecule has 0 fully saturated rings. The number of carbonyl (C=O) groups is 2. The van der Waals surface area contributed by atoms with Crippen LogP contribution in [0.25, 0.3) is 28.1 Å². The van der Waals surface area contributed by atoms with Gasteiger partial charge in [0.15, 0.2) is 5.82 Å². The molecule has 0 saturated carbocycles. The first-order chi connectivity index (χ1) is 23.2. The van der Waals surface area contributed by atoms with Gasteiger partial charge in [-0.1, -0.05) is 45.4 Å². The number of aromatic nitrogens is 7. The minimum Gasteiger partial charge on any atom is -0.347 e. The van der Waals surface area contributed by atoms with Crippen molar-refractivity contribution in [2.24, 2.45) is 0 Å². The quantitative estimate of drug-likeness (QED) is 0.250. The molecule has 0 spiro atoms. The monoisotopic (exact) mass is 705 g/mol. The Morgan fingerprint density at radius 2 is 1.81 bits per heavy atom. The van der Waals surface area contributed by atoms with Crippen LogP contribution < -0.4 is 11.0 Å². The Labute approximate surface area is 284 Å².